The Hall–Kier alpha value is -3.51. The van der Waals surface area contributed by atoms with Crippen LogP contribution < -0.4 is 9.46 Å². The minimum atomic E-state index is -4.94. The zero-order chi connectivity index (χ0) is 26.8. The van der Waals surface area contributed by atoms with Gasteiger partial charge in [0.15, 0.2) is 11.2 Å². The van der Waals surface area contributed by atoms with Crippen LogP contribution in [0, 0.1) is 12.8 Å². The third kappa shape index (κ3) is 5.59. The summed E-state index contributed by atoms with van der Waals surface area (Å²) in [4.78, 5) is 8.43. The highest BCUT2D eigenvalue weighted by Gasteiger charge is 2.58. The second kappa shape index (κ2) is 10.1. The van der Waals surface area contributed by atoms with Crippen LogP contribution in [0.4, 0.5) is 13.2 Å². The van der Waals surface area contributed by atoms with Gasteiger partial charge in [0, 0.05) is 12.3 Å². The van der Waals surface area contributed by atoms with Gasteiger partial charge in [-0.1, -0.05) is 32.0 Å². The van der Waals surface area contributed by atoms with E-state index >= 15 is 0 Å². The Morgan fingerprint density at radius 3 is 2.41 bits per heavy atom. The van der Waals surface area contributed by atoms with Gasteiger partial charge in [-0.3, -0.25) is 0 Å². The zero-order valence-corrected chi connectivity index (χ0v) is 21.2. The molecule has 0 bridgehead atoms. The molecule has 3 heterocycles. The van der Waals surface area contributed by atoms with Crippen LogP contribution in [0.3, 0.4) is 0 Å². The quantitative estimate of drug-likeness (QED) is 0.332. The van der Waals surface area contributed by atoms with Crippen LogP contribution in [0.2, 0.25) is 0 Å². The maximum Gasteiger partial charge on any atom is 0.410 e. The summed E-state index contributed by atoms with van der Waals surface area (Å²) >= 11 is 0. The van der Waals surface area contributed by atoms with E-state index in [-0.39, 0.29) is 10.6 Å². The molecule has 1 atom stereocenters. The molecule has 0 spiro atoms. The Morgan fingerprint density at radius 2 is 1.76 bits per heavy atom. The molecule has 4 rings (SSSR count). The van der Waals surface area contributed by atoms with Gasteiger partial charge in [-0.15, -0.1) is 0 Å². The number of benzene rings is 1. The molecule has 37 heavy (non-hydrogen) atoms. The maximum atomic E-state index is 14.5. The van der Waals surface area contributed by atoms with Crippen molar-refractivity contribution in [2.24, 2.45) is 5.92 Å². The zero-order valence-electron chi connectivity index (χ0n) is 20.4. The predicted molar refractivity (Wildman–Crippen MR) is 131 cm³/mol. The summed E-state index contributed by atoms with van der Waals surface area (Å²) < 4.78 is 78.7. The lowest BCUT2D eigenvalue weighted by atomic mass is 9.90. The van der Waals surface area contributed by atoms with Crippen molar-refractivity contribution in [3.63, 3.8) is 0 Å². The number of hydrogen-bond acceptors (Lipinski definition) is 6. The second-order valence-electron chi connectivity index (χ2n) is 9.10. The number of pyridine rings is 1. The number of fused-ring (bicyclic) bond motifs is 1. The van der Waals surface area contributed by atoms with E-state index in [1.165, 1.54) is 30.3 Å². The molecule has 4 aromatic rings. The highest BCUT2D eigenvalue weighted by molar-refractivity contribution is 7.89. The maximum absolute atomic E-state index is 14.5. The van der Waals surface area contributed by atoms with E-state index in [1.807, 2.05) is 4.72 Å². The molecule has 3 aromatic heterocycles. The van der Waals surface area contributed by atoms with Crippen molar-refractivity contribution in [3.8, 4) is 17.1 Å². The number of alkyl halides is 3. The highest BCUT2D eigenvalue weighted by atomic mass is 32.2. The third-order valence-corrected chi connectivity index (χ3v) is 7.30. The third-order valence-electron chi connectivity index (χ3n) is 5.75. The largest absolute Gasteiger partial charge is 0.489 e. The summed E-state index contributed by atoms with van der Waals surface area (Å²) in [7, 11) is -4.50. The first-order valence-electron chi connectivity index (χ1n) is 11.5. The summed E-state index contributed by atoms with van der Waals surface area (Å²) in [6.07, 6.45) is -2.26. The van der Waals surface area contributed by atoms with Crippen molar-refractivity contribution in [2.45, 2.75) is 43.8 Å². The number of sulfonamides is 1. The Labute approximate surface area is 212 Å². The van der Waals surface area contributed by atoms with Crippen LogP contribution in [0.5, 0.6) is 5.75 Å². The average Bonchev–Trinajstić information content (AvgIpc) is 3.31. The van der Waals surface area contributed by atoms with Gasteiger partial charge in [0.05, 0.1) is 28.2 Å². The van der Waals surface area contributed by atoms with Gasteiger partial charge in [-0.05, 0) is 49.6 Å². The van der Waals surface area contributed by atoms with Crippen LogP contribution in [-0.2, 0) is 10.0 Å². The normalized spacial score (nSPS) is 14.1. The second-order valence-corrected chi connectivity index (χ2v) is 10.8. The van der Waals surface area contributed by atoms with E-state index in [0.717, 1.165) is 0 Å². The first kappa shape index (κ1) is 26.6. The standard InChI is InChI=1S/C25H26F3N5O3S/c1-17(2)15-24(25(26,27)28,32-37(34,35)19-7-5-4-6-8-19)16-36-22-10-9-20(31-18(22)3)21-11-13-29-23-12-14-30-33(21)23/h4-14,17,32H,15-16H2,1-3H3/t24-/m0/s1. The highest BCUT2D eigenvalue weighted by Crippen LogP contribution is 2.38. The van der Waals surface area contributed by atoms with Crippen LogP contribution in [0.1, 0.15) is 26.0 Å². The summed E-state index contributed by atoms with van der Waals surface area (Å²) in [6, 6.07) is 13.5. The number of hydrogen-bond donors (Lipinski definition) is 1. The van der Waals surface area contributed by atoms with Gasteiger partial charge in [0.1, 0.15) is 12.4 Å². The molecule has 1 aromatic carbocycles. The molecular weight excluding hydrogens is 507 g/mol. The van der Waals surface area contributed by atoms with E-state index in [9.17, 15) is 21.6 Å². The number of nitrogens with zero attached hydrogens (tertiary/aromatic N) is 4. The molecule has 12 heteroatoms. The molecule has 0 fully saturated rings. The molecular formula is C25H26F3N5O3S. The van der Waals surface area contributed by atoms with Gasteiger partial charge >= 0.3 is 6.18 Å². The molecule has 1 N–H and O–H groups in total. The molecule has 0 amide bonds. The van der Waals surface area contributed by atoms with Crippen LogP contribution in [0.15, 0.2) is 71.9 Å². The van der Waals surface area contributed by atoms with Gasteiger partial charge in [0.25, 0.3) is 0 Å². The Bertz CT molecular complexity index is 1490. The van der Waals surface area contributed by atoms with E-state index in [2.05, 4.69) is 15.1 Å². The average molecular weight is 534 g/mol. The SMILES string of the molecule is Cc1nc(-c2ccnc3ccnn23)ccc1OC[C@](CC(C)C)(NS(=O)(=O)c1ccccc1)C(F)(F)F. The molecule has 0 aliphatic carbocycles. The summed E-state index contributed by atoms with van der Waals surface area (Å²) in [5.74, 6) is -0.390. The minimum absolute atomic E-state index is 0.103. The molecule has 8 nitrogen and oxygen atoms in total. The Kier molecular flexibility index (Phi) is 7.24. The lowest BCUT2D eigenvalue weighted by molar-refractivity contribution is -0.203. The van der Waals surface area contributed by atoms with Gasteiger partial charge in [-0.25, -0.2) is 22.9 Å². The van der Waals surface area contributed by atoms with Crippen molar-refractivity contribution in [1.82, 2.24) is 24.3 Å². The minimum Gasteiger partial charge on any atom is -0.489 e. The number of halogens is 3. The summed E-state index contributed by atoms with van der Waals surface area (Å²) in [5, 5.41) is 4.22. The smallest absolute Gasteiger partial charge is 0.410 e. The van der Waals surface area contributed by atoms with Crippen LogP contribution >= 0.6 is 0 Å². The molecule has 0 unspecified atom stereocenters. The number of aryl methyl sites for hydroxylation is 1. The van der Waals surface area contributed by atoms with Crippen molar-refractivity contribution in [3.05, 3.63) is 72.7 Å². The fraction of sp³-hybridized carbons (Fsp3) is 0.320. The van der Waals surface area contributed by atoms with E-state index in [4.69, 9.17) is 4.74 Å². The van der Waals surface area contributed by atoms with E-state index < -0.39 is 40.7 Å². The van der Waals surface area contributed by atoms with Crippen molar-refractivity contribution >= 4 is 15.7 Å². The van der Waals surface area contributed by atoms with Crippen molar-refractivity contribution < 1.29 is 26.3 Å². The number of nitrogens with one attached hydrogen (secondary N) is 1. The van der Waals surface area contributed by atoms with Crippen LogP contribution in [-0.4, -0.2) is 46.3 Å². The predicted octanol–water partition coefficient (Wildman–Crippen LogP) is 4.80. The molecule has 0 aliphatic rings. The lowest BCUT2D eigenvalue weighted by Gasteiger charge is -2.37. The number of ether oxygens (including phenoxy) is 1. The van der Waals surface area contributed by atoms with Gasteiger partial charge < -0.3 is 4.74 Å². The van der Waals surface area contributed by atoms with Crippen LogP contribution in [0.25, 0.3) is 17.0 Å². The number of aromatic nitrogens is 4. The number of rotatable bonds is 9. The summed E-state index contributed by atoms with van der Waals surface area (Å²) in [6.45, 7) is 3.81. The van der Waals surface area contributed by atoms with Crippen molar-refractivity contribution in [1.29, 1.82) is 0 Å². The fourth-order valence-electron chi connectivity index (χ4n) is 4.07. The van der Waals surface area contributed by atoms with E-state index in [0.29, 0.717) is 22.7 Å². The van der Waals surface area contributed by atoms with Gasteiger partial charge in [0.2, 0.25) is 10.0 Å². The van der Waals surface area contributed by atoms with E-state index in [1.54, 1.807) is 61.9 Å². The first-order valence-corrected chi connectivity index (χ1v) is 13.0. The molecule has 0 radical (unpaired) electrons. The molecule has 196 valence electrons. The van der Waals surface area contributed by atoms with Gasteiger partial charge in [-0.2, -0.15) is 23.0 Å². The van der Waals surface area contributed by atoms with Crippen molar-refractivity contribution in [2.75, 3.05) is 6.61 Å². The summed E-state index contributed by atoms with van der Waals surface area (Å²) in [5.41, 5.74) is -0.750. The topological polar surface area (TPSA) is 98.5 Å². The molecule has 0 saturated carbocycles. The lowest BCUT2D eigenvalue weighted by Crippen LogP contribution is -2.62. The Balaban J connectivity index is 1.65. The monoisotopic (exact) mass is 533 g/mol. The first-order chi connectivity index (χ1) is 17.4. The molecule has 0 saturated heterocycles. The fourth-order valence-corrected chi connectivity index (χ4v) is 5.48. The molecule has 0 aliphatic heterocycles. The Morgan fingerprint density at radius 1 is 1.03 bits per heavy atom.